The summed E-state index contributed by atoms with van der Waals surface area (Å²) < 4.78 is 11.3. The van der Waals surface area contributed by atoms with Crippen molar-refractivity contribution in [2.45, 2.75) is 42.8 Å². The molecule has 0 aromatic carbocycles. The first kappa shape index (κ1) is 10.8. The maximum atomic E-state index is 5.73. The van der Waals surface area contributed by atoms with Crippen LogP contribution in [0.25, 0.3) is 0 Å². The third-order valence-corrected chi connectivity index (χ3v) is 3.89. The predicted molar refractivity (Wildman–Crippen MR) is 50.5 cm³/mol. The minimum absolute atomic E-state index is 0.155. The molecular formula is C9H18O2Sn. The molecule has 0 bridgehead atoms. The van der Waals surface area contributed by atoms with Crippen molar-refractivity contribution in [2.75, 3.05) is 13.2 Å². The number of rotatable bonds is 3. The van der Waals surface area contributed by atoms with E-state index in [1.165, 1.54) is 12.8 Å². The van der Waals surface area contributed by atoms with Crippen LogP contribution in [0.1, 0.15) is 39.0 Å². The van der Waals surface area contributed by atoms with E-state index in [0.717, 1.165) is 55.0 Å². The number of ether oxygens (including phenoxy) is 2. The van der Waals surface area contributed by atoms with Crippen LogP contribution >= 0.6 is 0 Å². The van der Waals surface area contributed by atoms with Gasteiger partial charge in [0.25, 0.3) is 0 Å². The molecule has 1 rings (SSSR count). The molecule has 2 radical (unpaired) electrons. The van der Waals surface area contributed by atoms with Crippen LogP contribution < -0.4 is 0 Å². The molecule has 0 aromatic heterocycles. The fourth-order valence-corrected chi connectivity index (χ4v) is 2.56. The Bertz CT molecular complexity index is 120. The van der Waals surface area contributed by atoms with E-state index in [-0.39, 0.29) is 3.80 Å². The summed E-state index contributed by atoms with van der Waals surface area (Å²) >= 11 is 1.07. The van der Waals surface area contributed by atoms with Gasteiger partial charge in [0.1, 0.15) is 0 Å². The van der Waals surface area contributed by atoms with Crippen molar-refractivity contribution in [1.82, 2.24) is 0 Å². The molecule has 1 aliphatic heterocycles. The summed E-state index contributed by atoms with van der Waals surface area (Å²) in [4.78, 5) is 0. The number of hydrogen-bond acceptors (Lipinski definition) is 2. The van der Waals surface area contributed by atoms with Crippen molar-refractivity contribution in [3.8, 4) is 0 Å². The first-order valence-corrected chi connectivity index (χ1v) is 6.48. The van der Waals surface area contributed by atoms with Crippen LogP contribution in [0.5, 0.6) is 0 Å². The number of hydrogen-bond donors (Lipinski definition) is 0. The zero-order valence-corrected chi connectivity index (χ0v) is 11.1. The molecular weight excluding hydrogens is 259 g/mol. The Morgan fingerprint density at radius 1 is 1.25 bits per heavy atom. The van der Waals surface area contributed by atoms with Gasteiger partial charge >= 0.3 is 88.0 Å². The Hall–Kier alpha value is 0.719. The first-order valence-electron chi connectivity index (χ1n) is 4.83. The summed E-state index contributed by atoms with van der Waals surface area (Å²) in [5, 5.41) is 0. The van der Waals surface area contributed by atoms with Crippen LogP contribution in [0.2, 0.25) is 0 Å². The normalized spacial score (nSPS) is 23.5. The molecule has 1 saturated heterocycles. The zero-order valence-electron chi connectivity index (χ0n) is 7.84. The van der Waals surface area contributed by atoms with Gasteiger partial charge in [0.15, 0.2) is 0 Å². The molecule has 12 heavy (non-hydrogen) atoms. The van der Waals surface area contributed by atoms with Crippen molar-refractivity contribution in [1.29, 1.82) is 0 Å². The number of unbranched alkanes of at least 4 members (excludes halogenated alkanes) is 1. The fraction of sp³-hybridized carbons (Fsp3) is 1.00. The molecule has 0 amide bonds. The Morgan fingerprint density at radius 3 is 2.33 bits per heavy atom. The third kappa shape index (κ3) is 3.62. The van der Waals surface area contributed by atoms with Gasteiger partial charge in [-0.3, -0.25) is 0 Å². The third-order valence-electron chi connectivity index (χ3n) is 2.11. The standard InChI is InChI=1S/C9H17O2.Sn.H/c1-2-3-6-9-10-7-4-5-8-11-9;;/h2-8H2,1H3;;. The molecule has 1 aliphatic rings. The van der Waals surface area contributed by atoms with Gasteiger partial charge in [0.2, 0.25) is 0 Å². The van der Waals surface area contributed by atoms with Crippen molar-refractivity contribution in [3.63, 3.8) is 0 Å². The van der Waals surface area contributed by atoms with Crippen molar-refractivity contribution >= 4 is 22.5 Å². The van der Waals surface area contributed by atoms with E-state index < -0.39 is 0 Å². The minimum atomic E-state index is -0.155. The quantitative estimate of drug-likeness (QED) is 0.729. The van der Waals surface area contributed by atoms with Crippen LogP contribution in [0.4, 0.5) is 0 Å². The average Bonchev–Trinajstić information content (AvgIpc) is 2.27. The topological polar surface area (TPSA) is 18.5 Å². The van der Waals surface area contributed by atoms with Crippen LogP contribution in [-0.2, 0) is 9.47 Å². The Kier molecular flexibility index (Phi) is 4.90. The van der Waals surface area contributed by atoms with E-state index >= 15 is 0 Å². The van der Waals surface area contributed by atoms with Gasteiger partial charge in [-0.05, 0) is 0 Å². The van der Waals surface area contributed by atoms with E-state index in [2.05, 4.69) is 6.92 Å². The van der Waals surface area contributed by atoms with Crippen molar-refractivity contribution in [3.05, 3.63) is 0 Å². The van der Waals surface area contributed by atoms with Crippen LogP contribution in [0.3, 0.4) is 0 Å². The molecule has 0 atom stereocenters. The van der Waals surface area contributed by atoms with Gasteiger partial charge in [0.05, 0.1) is 0 Å². The van der Waals surface area contributed by atoms with E-state index in [1.54, 1.807) is 0 Å². The van der Waals surface area contributed by atoms with Crippen LogP contribution in [-0.4, -0.2) is 39.5 Å². The maximum absolute atomic E-state index is 5.73. The summed E-state index contributed by atoms with van der Waals surface area (Å²) in [5.74, 6) is 0. The summed E-state index contributed by atoms with van der Waals surface area (Å²) in [6.07, 6.45) is 5.87. The second-order valence-corrected chi connectivity index (χ2v) is 5.83. The molecule has 0 spiro atoms. The molecule has 3 heteroatoms. The summed E-state index contributed by atoms with van der Waals surface area (Å²) in [7, 11) is 0. The van der Waals surface area contributed by atoms with E-state index in [0.29, 0.717) is 0 Å². The van der Waals surface area contributed by atoms with E-state index in [1.807, 2.05) is 0 Å². The monoisotopic (exact) mass is 278 g/mol. The van der Waals surface area contributed by atoms with Gasteiger partial charge < -0.3 is 0 Å². The van der Waals surface area contributed by atoms with Crippen LogP contribution in [0, 0.1) is 0 Å². The molecule has 0 aliphatic carbocycles. The molecule has 2 nitrogen and oxygen atoms in total. The molecule has 0 N–H and O–H groups in total. The van der Waals surface area contributed by atoms with Gasteiger partial charge in [-0.1, -0.05) is 0 Å². The first-order chi connectivity index (χ1) is 5.77. The Morgan fingerprint density at radius 2 is 1.83 bits per heavy atom. The molecule has 1 fully saturated rings. The van der Waals surface area contributed by atoms with Crippen LogP contribution in [0.15, 0.2) is 0 Å². The molecule has 70 valence electrons. The SMILES string of the molecule is CCCC[C]1([SnH])OCCCCO1. The molecule has 0 unspecified atom stereocenters. The van der Waals surface area contributed by atoms with E-state index in [9.17, 15) is 0 Å². The predicted octanol–water partition coefficient (Wildman–Crippen LogP) is 1.56. The van der Waals surface area contributed by atoms with E-state index in [4.69, 9.17) is 9.47 Å². The Labute approximate surface area is 88.1 Å². The average molecular weight is 277 g/mol. The molecule has 0 aromatic rings. The van der Waals surface area contributed by atoms with Gasteiger partial charge in [-0.2, -0.15) is 0 Å². The second-order valence-electron chi connectivity index (χ2n) is 3.32. The fourth-order valence-electron chi connectivity index (χ4n) is 1.30. The second kappa shape index (κ2) is 5.45. The van der Waals surface area contributed by atoms with Crippen molar-refractivity contribution < 1.29 is 9.47 Å². The van der Waals surface area contributed by atoms with Gasteiger partial charge in [-0.25, -0.2) is 0 Å². The Balaban J connectivity index is 2.32. The summed E-state index contributed by atoms with van der Waals surface area (Å²) in [6.45, 7) is 4.00. The zero-order chi connectivity index (χ0) is 8.86. The summed E-state index contributed by atoms with van der Waals surface area (Å²) in [5.41, 5.74) is 0. The van der Waals surface area contributed by atoms with Gasteiger partial charge in [-0.15, -0.1) is 0 Å². The van der Waals surface area contributed by atoms with Crippen molar-refractivity contribution in [2.24, 2.45) is 0 Å². The molecule has 1 heterocycles. The van der Waals surface area contributed by atoms with Gasteiger partial charge in [0, 0.05) is 0 Å². The summed E-state index contributed by atoms with van der Waals surface area (Å²) in [6, 6.07) is 0. The molecule has 0 saturated carbocycles.